The van der Waals surface area contributed by atoms with Gasteiger partial charge in [-0.05, 0) is 25.1 Å². The minimum absolute atomic E-state index is 0.0425. The summed E-state index contributed by atoms with van der Waals surface area (Å²) in [5.41, 5.74) is 7.51. The van der Waals surface area contributed by atoms with E-state index < -0.39 is 0 Å². The van der Waals surface area contributed by atoms with E-state index in [0.717, 1.165) is 12.0 Å². The van der Waals surface area contributed by atoms with Crippen molar-refractivity contribution in [2.45, 2.75) is 26.0 Å². The monoisotopic (exact) mass is 404 g/mol. The molecule has 2 aromatic heterocycles. The second kappa shape index (κ2) is 8.82. The molecule has 1 saturated heterocycles. The molecular weight excluding hydrogens is 384 g/mol. The van der Waals surface area contributed by atoms with E-state index in [1.165, 1.54) is 0 Å². The van der Waals surface area contributed by atoms with Gasteiger partial charge in [-0.2, -0.15) is 15.2 Å². The number of nitriles is 1. The number of hydrogen-bond acceptors (Lipinski definition) is 9. The number of nitrogens with zero attached hydrogens (tertiary/aromatic N) is 5. The van der Waals surface area contributed by atoms with Crippen LogP contribution in [0, 0.1) is 18.3 Å². The first-order valence-corrected chi connectivity index (χ1v) is 9.48. The van der Waals surface area contributed by atoms with Crippen LogP contribution in [0.5, 0.6) is 17.5 Å². The van der Waals surface area contributed by atoms with Gasteiger partial charge < -0.3 is 19.9 Å². The Balaban J connectivity index is 1.66. The van der Waals surface area contributed by atoms with Crippen LogP contribution in [0.4, 0.5) is 0 Å². The fourth-order valence-corrected chi connectivity index (χ4v) is 2.98. The maximum atomic E-state index is 9.30. The van der Waals surface area contributed by atoms with Gasteiger partial charge in [0.1, 0.15) is 17.7 Å². The summed E-state index contributed by atoms with van der Waals surface area (Å²) < 4.78 is 17.2. The van der Waals surface area contributed by atoms with Crippen LogP contribution < -0.4 is 15.2 Å². The van der Waals surface area contributed by atoms with Gasteiger partial charge in [-0.1, -0.05) is 0 Å². The largest absolute Gasteiger partial charge is 0.472 e. The molecule has 152 valence electrons. The smallest absolute Gasteiger partial charge is 0.226 e. The Bertz CT molecular complexity index is 1080. The number of ether oxygens (including phenoxy) is 3. The summed E-state index contributed by atoms with van der Waals surface area (Å²) in [6.07, 6.45) is 4.09. The third kappa shape index (κ3) is 4.51. The van der Waals surface area contributed by atoms with Crippen molar-refractivity contribution >= 4 is 0 Å². The van der Waals surface area contributed by atoms with Gasteiger partial charge in [0, 0.05) is 30.9 Å². The molecule has 0 spiro atoms. The van der Waals surface area contributed by atoms with Crippen LogP contribution in [0.2, 0.25) is 0 Å². The van der Waals surface area contributed by atoms with E-state index >= 15 is 0 Å². The topological polar surface area (TPSA) is 129 Å². The zero-order chi connectivity index (χ0) is 20.9. The molecule has 1 aromatic carbocycles. The van der Waals surface area contributed by atoms with E-state index in [2.05, 4.69) is 26.0 Å². The van der Waals surface area contributed by atoms with Gasteiger partial charge in [-0.15, -0.1) is 0 Å². The normalized spacial score (nSPS) is 15.6. The number of hydrogen-bond donors (Lipinski definition) is 1. The molecule has 2 N–H and O–H groups in total. The standard InChI is InChI=1S/C21H20N6O3/c1-13-26-19(29-16-4-5-28-12-16)7-20(27-13)30-18-6-14(8-22)2-3-17(18)21-24-10-15(9-23)11-25-21/h2-3,6-7,10-11,16H,4-5,9,12,23H2,1H3/t16-/m1/s1. The Hall–Kier alpha value is -3.61. The third-order valence-corrected chi connectivity index (χ3v) is 4.47. The SMILES string of the molecule is Cc1nc(Oc2cc(C#N)ccc2-c2ncc(CN)cn2)cc(O[C@@H]2CCOC2)n1. The molecule has 1 aliphatic heterocycles. The molecule has 3 aromatic rings. The van der Waals surface area contributed by atoms with Gasteiger partial charge in [-0.25, -0.2) is 9.97 Å². The minimum atomic E-state index is -0.0425. The lowest BCUT2D eigenvalue weighted by Gasteiger charge is -2.14. The van der Waals surface area contributed by atoms with E-state index in [1.807, 2.05) is 0 Å². The van der Waals surface area contributed by atoms with Gasteiger partial charge in [0.05, 0.1) is 36.5 Å². The van der Waals surface area contributed by atoms with Crippen molar-refractivity contribution in [2.24, 2.45) is 5.73 Å². The lowest BCUT2D eigenvalue weighted by atomic mass is 10.1. The highest BCUT2D eigenvalue weighted by Gasteiger charge is 2.19. The quantitative estimate of drug-likeness (QED) is 0.658. The van der Waals surface area contributed by atoms with Crippen molar-refractivity contribution in [1.82, 2.24) is 19.9 Å². The zero-order valence-electron chi connectivity index (χ0n) is 16.4. The highest BCUT2D eigenvalue weighted by Crippen LogP contribution is 2.33. The van der Waals surface area contributed by atoms with Gasteiger partial charge >= 0.3 is 0 Å². The van der Waals surface area contributed by atoms with Crippen LogP contribution in [-0.4, -0.2) is 39.3 Å². The van der Waals surface area contributed by atoms with Crippen molar-refractivity contribution in [3.05, 3.63) is 53.6 Å². The van der Waals surface area contributed by atoms with Crippen molar-refractivity contribution in [3.63, 3.8) is 0 Å². The Morgan fingerprint density at radius 3 is 2.70 bits per heavy atom. The first-order chi connectivity index (χ1) is 14.6. The molecule has 1 fully saturated rings. The Labute approximate surface area is 173 Å². The van der Waals surface area contributed by atoms with E-state index in [-0.39, 0.29) is 6.10 Å². The van der Waals surface area contributed by atoms with E-state index in [0.29, 0.717) is 60.0 Å². The predicted molar refractivity (Wildman–Crippen MR) is 107 cm³/mol. The molecule has 9 heteroatoms. The second-order valence-electron chi connectivity index (χ2n) is 6.74. The second-order valence-corrected chi connectivity index (χ2v) is 6.74. The molecule has 3 heterocycles. The number of aryl methyl sites for hydroxylation is 1. The Morgan fingerprint density at radius 1 is 1.20 bits per heavy atom. The van der Waals surface area contributed by atoms with Gasteiger partial charge in [0.25, 0.3) is 0 Å². The Kier molecular flexibility index (Phi) is 5.79. The van der Waals surface area contributed by atoms with Gasteiger partial charge in [-0.3, -0.25) is 0 Å². The van der Waals surface area contributed by atoms with E-state index in [1.54, 1.807) is 43.6 Å². The first kappa shape index (κ1) is 19.7. The predicted octanol–water partition coefficient (Wildman–Crippen LogP) is 2.53. The minimum Gasteiger partial charge on any atom is -0.472 e. The van der Waals surface area contributed by atoms with Crippen molar-refractivity contribution in [1.29, 1.82) is 5.26 Å². The molecule has 1 atom stereocenters. The van der Waals surface area contributed by atoms with Crippen LogP contribution in [0.25, 0.3) is 11.4 Å². The summed E-state index contributed by atoms with van der Waals surface area (Å²) >= 11 is 0. The number of nitrogens with two attached hydrogens (primary N) is 1. The molecule has 9 nitrogen and oxygen atoms in total. The molecule has 0 bridgehead atoms. The molecule has 0 amide bonds. The summed E-state index contributed by atoms with van der Waals surface area (Å²) in [6, 6.07) is 8.78. The van der Waals surface area contributed by atoms with Crippen molar-refractivity contribution in [2.75, 3.05) is 13.2 Å². The summed E-state index contributed by atoms with van der Waals surface area (Å²) in [7, 11) is 0. The maximum absolute atomic E-state index is 9.30. The fraction of sp³-hybridized carbons (Fsp3) is 0.286. The maximum Gasteiger partial charge on any atom is 0.226 e. The first-order valence-electron chi connectivity index (χ1n) is 9.48. The highest BCUT2D eigenvalue weighted by molar-refractivity contribution is 5.66. The molecule has 0 radical (unpaired) electrons. The van der Waals surface area contributed by atoms with Crippen LogP contribution in [0.15, 0.2) is 36.7 Å². The van der Waals surface area contributed by atoms with Crippen LogP contribution in [0.1, 0.15) is 23.4 Å². The molecule has 30 heavy (non-hydrogen) atoms. The molecule has 0 aliphatic carbocycles. The van der Waals surface area contributed by atoms with Crippen LogP contribution in [0.3, 0.4) is 0 Å². The summed E-state index contributed by atoms with van der Waals surface area (Å²) in [5.74, 6) is 2.07. The summed E-state index contributed by atoms with van der Waals surface area (Å²) in [4.78, 5) is 17.4. The van der Waals surface area contributed by atoms with E-state index in [9.17, 15) is 5.26 Å². The number of aromatic nitrogens is 4. The van der Waals surface area contributed by atoms with Crippen molar-refractivity contribution < 1.29 is 14.2 Å². The average molecular weight is 404 g/mol. The average Bonchev–Trinajstić information content (AvgIpc) is 3.26. The summed E-state index contributed by atoms with van der Waals surface area (Å²) in [6.45, 7) is 3.31. The van der Waals surface area contributed by atoms with Crippen LogP contribution in [-0.2, 0) is 11.3 Å². The van der Waals surface area contributed by atoms with E-state index in [4.69, 9.17) is 19.9 Å². The number of benzene rings is 1. The zero-order valence-corrected chi connectivity index (χ0v) is 16.4. The molecule has 0 saturated carbocycles. The summed E-state index contributed by atoms with van der Waals surface area (Å²) in [5, 5.41) is 9.30. The molecular formula is C21H20N6O3. The number of rotatable bonds is 6. The van der Waals surface area contributed by atoms with Gasteiger partial charge in [0.15, 0.2) is 5.82 Å². The fourth-order valence-electron chi connectivity index (χ4n) is 2.98. The highest BCUT2D eigenvalue weighted by atomic mass is 16.6. The lowest BCUT2D eigenvalue weighted by molar-refractivity contribution is 0.137. The lowest BCUT2D eigenvalue weighted by Crippen LogP contribution is -2.16. The van der Waals surface area contributed by atoms with Crippen molar-refractivity contribution in [3.8, 4) is 35.0 Å². The molecule has 4 rings (SSSR count). The molecule has 1 aliphatic rings. The third-order valence-electron chi connectivity index (χ3n) is 4.47. The van der Waals surface area contributed by atoms with Crippen LogP contribution >= 0.6 is 0 Å². The molecule has 0 unspecified atom stereocenters. The Morgan fingerprint density at radius 2 is 2.00 bits per heavy atom. The van der Waals surface area contributed by atoms with Gasteiger partial charge in [0.2, 0.25) is 11.8 Å².